The number of carbonyl (C=O) groups is 1. The minimum Gasteiger partial charge on any atom is -0.379 e. The van der Waals surface area contributed by atoms with E-state index in [1.807, 2.05) is 48.5 Å². The molecule has 0 unspecified atom stereocenters. The number of benzene rings is 2. The summed E-state index contributed by atoms with van der Waals surface area (Å²) in [6.07, 6.45) is 0. The summed E-state index contributed by atoms with van der Waals surface area (Å²) in [5.74, 6) is 0.330. The number of para-hydroxylation sites is 3. The highest BCUT2D eigenvalue weighted by atomic mass is 79.9. The van der Waals surface area contributed by atoms with Crippen LogP contribution in [0.15, 0.2) is 57.6 Å². The van der Waals surface area contributed by atoms with Gasteiger partial charge in [0, 0.05) is 4.47 Å². The van der Waals surface area contributed by atoms with Crippen molar-refractivity contribution >= 4 is 44.4 Å². The van der Waals surface area contributed by atoms with Crippen LogP contribution < -0.4 is 11.1 Å². The third kappa shape index (κ3) is 2.93. The van der Waals surface area contributed by atoms with Crippen molar-refractivity contribution in [1.82, 2.24) is 19.9 Å². The Labute approximate surface area is 156 Å². The lowest BCUT2D eigenvalue weighted by Crippen LogP contribution is -2.19. The van der Waals surface area contributed by atoms with E-state index < -0.39 is 0 Å². The Hall–Kier alpha value is -3.20. The topological polar surface area (TPSA) is 112 Å². The maximum absolute atomic E-state index is 12.6. The molecule has 8 nitrogen and oxygen atoms in total. The number of halogens is 1. The van der Waals surface area contributed by atoms with E-state index in [1.165, 1.54) is 0 Å². The van der Waals surface area contributed by atoms with Crippen LogP contribution in [0.2, 0.25) is 0 Å². The second-order valence-electron chi connectivity index (χ2n) is 5.54. The van der Waals surface area contributed by atoms with E-state index in [1.54, 1.807) is 4.57 Å². The fraction of sp³-hybridized carbons (Fsp3) is 0.0588. The largest absolute Gasteiger partial charge is 0.379 e. The first-order valence-electron chi connectivity index (χ1n) is 7.71. The third-order valence-electron chi connectivity index (χ3n) is 3.83. The van der Waals surface area contributed by atoms with Gasteiger partial charge in [-0.25, -0.2) is 9.61 Å². The Morgan fingerprint density at radius 1 is 1.15 bits per heavy atom. The van der Waals surface area contributed by atoms with Crippen molar-refractivity contribution in [3.8, 4) is 11.5 Å². The summed E-state index contributed by atoms with van der Waals surface area (Å²) in [6.45, 7) is 0.0312. The van der Waals surface area contributed by atoms with Crippen LogP contribution in [0.25, 0.3) is 22.6 Å². The monoisotopic (exact) mass is 412 g/mol. The van der Waals surface area contributed by atoms with E-state index in [4.69, 9.17) is 5.73 Å². The average molecular weight is 413 g/mol. The molecule has 0 bridgehead atoms. The molecule has 3 N–H and O–H groups in total. The van der Waals surface area contributed by atoms with E-state index in [9.17, 15) is 4.79 Å². The van der Waals surface area contributed by atoms with Crippen molar-refractivity contribution in [1.29, 1.82) is 0 Å². The van der Waals surface area contributed by atoms with Gasteiger partial charge < -0.3 is 15.6 Å². The van der Waals surface area contributed by atoms with Crippen LogP contribution in [0.1, 0.15) is 0 Å². The van der Waals surface area contributed by atoms with Crippen LogP contribution in [-0.4, -0.2) is 25.8 Å². The van der Waals surface area contributed by atoms with E-state index in [2.05, 4.69) is 41.2 Å². The first-order chi connectivity index (χ1) is 12.6. The van der Waals surface area contributed by atoms with E-state index in [0.29, 0.717) is 17.2 Å². The zero-order valence-corrected chi connectivity index (χ0v) is 15.0. The fourth-order valence-corrected chi connectivity index (χ4v) is 3.05. The predicted octanol–water partition coefficient (Wildman–Crippen LogP) is 3.07. The fourth-order valence-electron chi connectivity index (χ4n) is 2.66. The van der Waals surface area contributed by atoms with Gasteiger partial charge in [-0.1, -0.05) is 24.3 Å². The maximum Gasteiger partial charge on any atom is 0.244 e. The summed E-state index contributed by atoms with van der Waals surface area (Å²) in [4.78, 5) is 17.1. The quantitative estimate of drug-likeness (QED) is 0.532. The summed E-state index contributed by atoms with van der Waals surface area (Å²) in [5, 5.41) is 10.3. The Balaban J connectivity index is 1.72. The number of amides is 1. The van der Waals surface area contributed by atoms with Crippen molar-refractivity contribution in [3.63, 3.8) is 0 Å². The number of aromatic nitrogens is 4. The number of hydrogen-bond acceptors (Lipinski definition) is 6. The van der Waals surface area contributed by atoms with Crippen LogP contribution in [0, 0.1) is 0 Å². The van der Waals surface area contributed by atoms with Gasteiger partial charge in [-0.15, -0.1) is 0 Å². The number of fused-ring (bicyclic) bond motifs is 1. The van der Waals surface area contributed by atoms with Gasteiger partial charge in [0.1, 0.15) is 6.54 Å². The van der Waals surface area contributed by atoms with Gasteiger partial charge in [-0.05, 0) is 50.5 Å². The molecule has 9 heteroatoms. The van der Waals surface area contributed by atoms with Crippen LogP contribution in [0.3, 0.4) is 0 Å². The van der Waals surface area contributed by atoms with Gasteiger partial charge in [0.25, 0.3) is 0 Å². The highest BCUT2D eigenvalue weighted by molar-refractivity contribution is 9.10. The van der Waals surface area contributed by atoms with Crippen LogP contribution in [0.5, 0.6) is 0 Å². The molecule has 2 heterocycles. The number of carbonyl (C=O) groups excluding carboxylic acids is 1. The van der Waals surface area contributed by atoms with E-state index in [-0.39, 0.29) is 18.3 Å². The van der Waals surface area contributed by atoms with Crippen LogP contribution in [-0.2, 0) is 11.3 Å². The summed E-state index contributed by atoms with van der Waals surface area (Å²) < 4.78 is 7.22. The van der Waals surface area contributed by atoms with E-state index >= 15 is 0 Å². The summed E-state index contributed by atoms with van der Waals surface area (Å²) in [5.41, 5.74) is 8.30. The zero-order chi connectivity index (χ0) is 18.1. The molecule has 0 aliphatic carbocycles. The van der Waals surface area contributed by atoms with Crippen LogP contribution >= 0.6 is 15.9 Å². The summed E-state index contributed by atoms with van der Waals surface area (Å²) >= 11 is 3.42. The minimum atomic E-state index is -0.212. The molecule has 2 aromatic heterocycles. The molecule has 0 saturated heterocycles. The number of nitrogens with two attached hydrogens (primary N) is 1. The molecule has 0 aliphatic rings. The van der Waals surface area contributed by atoms with Gasteiger partial charge in [-0.2, -0.15) is 0 Å². The molecule has 0 aliphatic heterocycles. The summed E-state index contributed by atoms with van der Waals surface area (Å²) in [6, 6.07) is 14.9. The molecule has 0 radical (unpaired) electrons. The lowest BCUT2D eigenvalue weighted by molar-refractivity contribution is -0.116. The molecule has 0 atom stereocenters. The SMILES string of the molecule is Nc1nonc1-c1nc2ccccc2n1CC(=O)Nc1ccccc1Br. The first-order valence-corrected chi connectivity index (χ1v) is 8.51. The molecule has 4 aromatic rings. The number of imidazole rings is 1. The Kier molecular flexibility index (Phi) is 4.13. The molecule has 0 fully saturated rings. The molecule has 1 amide bonds. The maximum atomic E-state index is 12.6. The van der Waals surface area contributed by atoms with E-state index in [0.717, 1.165) is 15.5 Å². The molecular formula is C17H13BrN6O2. The molecule has 26 heavy (non-hydrogen) atoms. The first kappa shape index (κ1) is 16.3. The molecule has 0 spiro atoms. The van der Waals surface area contributed by atoms with Gasteiger partial charge in [0.2, 0.25) is 5.91 Å². The number of nitrogens with one attached hydrogen (secondary N) is 1. The van der Waals surface area contributed by atoms with Gasteiger partial charge in [0.15, 0.2) is 17.3 Å². The highest BCUT2D eigenvalue weighted by Gasteiger charge is 2.20. The standard InChI is InChI=1S/C17H13BrN6O2/c18-10-5-1-2-6-11(10)20-14(25)9-24-13-8-4-3-7-12(13)21-17(24)15-16(19)23-26-22-15/h1-8H,9H2,(H2,19,23)(H,20,25). The van der Waals surface area contributed by atoms with Crippen molar-refractivity contribution in [2.45, 2.75) is 6.54 Å². The minimum absolute atomic E-state index is 0.0312. The molecule has 2 aromatic carbocycles. The number of nitrogen functional groups attached to an aromatic ring is 1. The molecular weight excluding hydrogens is 400 g/mol. The number of hydrogen-bond donors (Lipinski definition) is 2. The average Bonchev–Trinajstić information content (AvgIpc) is 3.21. The smallest absolute Gasteiger partial charge is 0.244 e. The van der Waals surface area contributed by atoms with Crippen molar-refractivity contribution in [2.24, 2.45) is 0 Å². The van der Waals surface area contributed by atoms with Gasteiger partial charge >= 0.3 is 0 Å². The molecule has 0 saturated carbocycles. The van der Waals surface area contributed by atoms with Crippen molar-refractivity contribution in [3.05, 3.63) is 53.0 Å². The van der Waals surface area contributed by atoms with Crippen LogP contribution in [0.4, 0.5) is 11.5 Å². The Morgan fingerprint density at radius 3 is 2.69 bits per heavy atom. The Morgan fingerprint density at radius 2 is 1.92 bits per heavy atom. The highest BCUT2D eigenvalue weighted by Crippen LogP contribution is 2.27. The Bertz CT molecular complexity index is 1100. The van der Waals surface area contributed by atoms with Crippen molar-refractivity contribution < 1.29 is 9.42 Å². The molecule has 4 rings (SSSR count). The van der Waals surface area contributed by atoms with Crippen molar-refractivity contribution in [2.75, 3.05) is 11.1 Å². The molecule has 130 valence electrons. The lowest BCUT2D eigenvalue weighted by Gasteiger charge is -2.10. The van der Waals surface area contributed by atoms with Gasteiger partial charge in [0.05, 0.1) is 16.7 Å². The predicted molar refractivity (Wildman–Crippen MR) is 100 cm³/mol. The number of nitrogens with zero attached hydrogens (tertiary/aromatic N) is 4. The second-order valence-corrected chi connectivity index (χ2v) is 6.39. The van der Waals surface area contributed by atoms with Gasteiger partial charge in [-0.3, -0.25) is 4.79 Å². The zero-order valence-electron chi connectivity index (χ0n) is 13.4. The normalized spacial score (nSPS) is 11.0. The second kappa shape index (κ2) is 6.60. The summed E-state index contributed by atoms with van der Waals surface area (Å²) in [7, 11) is 0. The lowest BCUT2D eigenvalue weighted by atomic mass is 10.3. The third-order valence-corrected chi connectivity index (χ3v) is 4.52. The number of anilines is 2. The number of rotatable bonds is 4.